The van der Waals surface area contributed by atoms with Gasteiger partial charge >= 0.3 is 0 Å². The lowest BCUT2D eigenvalue weighted by Gasteiger charge is -2.06. The van der Waals surface area contributed by atoms with Crippen molar-refractivity contribution >= 4 is 23.4 Å². The molecule has 0 saturated carbocycles. The second-order valence-corrected chi connectivity index (χ2v) is 5.45. The summed E-state index contributed by atoms with van der Waals surface area (Å²) in [6.07, 6.45) is 0. The highest BCUT2D eigenvalue weighted by Gasteiger charge is 2.02. The van der Waals surface area contributed by atoms with E-state index in [9.17, 15) is 0 Å². The Bertz CT molecular complexity index is 541. The topological polar surface area (TPSA) is 18.5 Å². The molecule has 0 unspecified atom stereocenters. The van der Waals surface area contributed by atoms with Gasteiger partial charge in [-0.15, -0.1) is 11.8 Å². The van der Waals surface area contributed by atoms with Gasteiger partial charge in [0.1, 0.15) is 11.5 Å². The molecule has 0 fully saturated rings. The Morgan fingerprint density at radius 3 is 2.10 bits per heavy atom. The highest BCUT2D eigenvalue weighted by Crippen LogP contribution is 2.30. The number of rotatable bonds is 5. The van der Waals surface area contributed by atoms with Crippen LogP contribution in [0.4, 0.5) is 0 Å². The number of halogens is 1. The molecular weight excluding hydrogens is 304 g/mol. The molecule has 0 amide bonds. The largest absolute Gasteiger partial charge is 0.497 e. The van der Waals surface area contributed by atoms with E-state index in [2.05, 4.69) is 12.1 Å². The van der Waals surface area contributed by atoms with Gasteiger partial charge in [0.25, 0.3) is 0 Å². The Hall–Kier alpha value is -1.32. The zero-order valence-corrected chi connectivity index (χ0v) is 14.4. The molecule has 0 aliphatic heterocycles. The fourth-order valence-electron chi connectivity index (χ4n) is 1.63. The van der Waals surface area contributed by atoms with Crippen LogP contribution in [0.2, 0.25) is 5.02 Å². The number of hydrogen-bond acceptors (Lipinski definition) is 3. The Morgan fingerprint density at radius 1 is 0.905 bits per heavy atom. The Balaban J connectivity index is 0.00000106. The minimum atomic E-state index is 0.691. The molecule has 0 bridgehead atoms. The van der Waals surface area contributed by atoms with Crippen molar-refractivity contribution in [2.45, 2.75) is 24.5 Å². The molecule has 114 valence electrons. The standard InChI is InChI=1S/C15H15ClO2S.C2H6/c1-17-13-5-3-11(4-6-13)10-19-15-8-12(16)7-14(9-15)18-2;1-2/h3-9H,10H2,1-2H3;1-2H3. The third-order valence-corrected chi connectivity index (χ3v) is 3.91. The van der Waals surface area contributed by atoms with Crippen LogP contribution in [-0.4, -0.2) is 14.2 Å². The minimum Gasteiger partial charge on any atom is -0.497 e. The predicted molar refractivity (Wildman–Crippen MR) is 91.9 cm³/mol. The predicted octanol–water partition coefficient (Wildman–Crippen LogP) is 5.68. The smallest absolute Gasteiger partial charge is 0.121 e. The van der Waals surface area contributed by atoms with E-state index in [1.54, 1.807) is 32.0 Å². The van der Waals surface area contributed by atoms with Gasteiger partial charge < -0.3 is 9.47 Å². The first-order chi connectivity index (χ1) is 10.2. The second kappa shape index (κ2) is 9.59. The Labute approximate surface area is 136 Å². The summed E-state index contributed by atoms with van der Waals surface area (Å²) in [4.78, 5) is 1.10. The van der Waals surface area contributed by atoms with Gasteiger partial charge in [-0.05, 0) is 35.9 Å². The summed E-state index contributed by atoms with van der Waals surface area (Å²) in [6, 6.07) is 13.8. The maximum Gasteiger partial charge on any atom is 0.121 e. The molecule has 2 nitrogen and oxygen atoms in total. The van der Waals surface area contributed by atoms with Crippen molar-refractivity contribution in [1.29, 1.82) is 0 Å². The van der Waals surface area contributed by atoms with Gasteiger partial charge in [0.05, 0.1) is 14.2 Å². The maximum absolute atomic E-state index is 6.04. The quantitative estimate of drug-likeness (QED) is 0.659. The highest BCUT2D eigenvalue weighted by molar-refractivity contribution is 7.98. The van der Waals surface area contributed by atoms with E-state index in [1.165, 1.54) is 5.56 Å². The number of hydrogen-bond donors (Lipinski definition) is 0. The molecule has 4 heteroatoms. The van der Waals surface area contributed by atoms with E-state index < -0.39 is 0 Å². The summed E-state index contributed by atoms with van der Waals surface area (Å²) in [7, 11) is 3.31. The third kappa shape index (κ3) is 5.90. The summed E-state index contributed by atoms with van der Waals surface area (Å²) >= 11 is 7.77. The molecule has 2 rings (SSSR count). The number of ether oxygens (including phenoxy) is 2. The highest BCUT2D eigenvalue weighted by atomic mass is 35.5. The van der Waals surface area contributed by atoms with Crippen molar-refractivity contribution in [2.24, 2.45) is 0 Å². The summed E-state index contributed by atoms with van der Waals surface area (Å²) in [6.45, 7) is 4.00. The molecule has 0 spiro atoms. The lowest BCUT2D eigenvalue weighted by Crippen LogP contribution is -1.86. The van der Waals surface area contributed by atoms with Crippen molar-refractivity contribution in [3.63, 3.8) is 0 Å². The monoisotopic (exact) mass is 324 g/mol. The number of thioether (sulfide) groups is 1. The normalized spacial score (nSPS) is 9.57. The average Bonchev–Trinajstić information content (AvgIpc) is 2.54. The SMILES string of the molecule is CC.COc1ccc(CSc2cc(Cl)cc(OC)c2)cc1. The van der Waals surface area contributed by atoms with Crippen molar-refractivity contribution < 1.29 is 9.47 Å². The van der Waals surface area contributed by atoms with Crippen LogP contribution in [0.25, 0.3) is 0 Å². The molecule has 2 aromatic rings. The molecule has 0 aliphatic rings. The molecule has 21 heavy (non-hydrogen) atoms. The van der Waals surface area contributed by atoms with Crippen LogP contribution in [0.1, 0.15) is 19.4 Å². The fourth-order valence-corrected chi connectivity index (χ4v) is 2.85. The van der Waals surface area contributed by atoms with Gasteiger partial charge in [-0.1, -0.05) is 37.6 Å². The first-order valence-electron chi connectivity index (χ1n) is 6.81. The molecule has 0 saturated heterocycles. The molecule has 0 aromatic heterocycles. The van der Waals surface area contributed by atoms with Crippen molar-refractivity contribution in [2.75, 3.05) is 14.2 Å². The fraction of sp³-hybridized carbons (Fsp3) is 0.294. The lowest BCUT2D eigenvalue weighted by molar-refractivity contribution is 0.413. The van der Waals surface area contributed by atoms with Crippen molar-refractivity contribution in [3.05, 3.63) is 53.1 Å². The van der Waals surface area contributed by atoms with Crippen LogP contribution in [0, 0.1) is 0 Å². The molecule has 2 aromatic carbocycles. The van der Waals surface area contributed by atoms with Crippen LogP contribution >= 0.6 is 23.4 Å². The van der Waals surface area contributed by atoms with Gasteiger partial charge in [-0.2, -0.15) is 0 Å². The van der Waals surface area contributed by atoms with Crippen LogP contribution < -0.4 is 9.47 Å². The van der Waals surface area contributed by atoms with E-state index in [1.807, 2.05) is 38.1 Å². The molecule has 0 N–H and O–H groups in total. The van der Waals surface area contributed by atoms with Crippen LogP contribution in [-0.2, 0) is 5.75 Å². The van der Waals surface area contributed by atoms with Crippen LogP contribution in [0.15, 0.2) is 47.4 Å². The first kappa shape index (κ1) is 17.7. The first-order valence-corrected chi connectivity index (χ1v) is 8.18. The van der Waals surface area contributed by atoms with E-state index in [0.717, 1.165) is 22.1 Å². The van der Waals surface area contributed by atoms with Gasteiger partial charge in [-0.3, -0.25) is 0 Å². The van der Waals surface area contributed by atoms with Gasteiger partial charge in [-0.25, -0.2) is 0 Å². The molecule has 0 heterocycles. The van der Waals surface area contributed by atoms with Gasteiger partial charge in [0, 0.05) is 15.7 Å². The summed E-state index contributed by atoms with van der Waals surface area (Å²) in [5.74, 6) is 2.54. The Kier molecular flexibility index (Phi) is 8.09. The maximum atomic E-state index is 6.04. The van der Waals surface area contributed by atoms with E-state index >= 15 is 0 Å². The van der Waals surface area contributed by atoms with Crippen molar-refractivity contribution in [1.82, 2.24) is 0 Å². The lowest BCUT2D eigenvalue weighted by atomic mass is 10.2. The molecular formula is C17H21ClO2S. The molecule has 0 atom stereocenters. The molecule has 0 radical (unpaired) electrons. The summed E-state index contributed by atoms with van der Waals surface area (Å²) in [5.41, 5.74) is 1.24. The number of methoxy groups -OCH3 is 2. The van der Waals surface area contributed by atoms with Crippen LogP contribution in [0.3, 0.4) is 0 Å². The minimum absolute atomic E-state index is 0.691. The zero-order chi connectivity index (χ0) is 15.7. The molecule has 0 aliphatic carbocycles. The Morgan fingerprint density at radius 2 is 1.52 bits per heavy atom. The van der Waals surface area contributed by atoms with E-state index in [4.69, 9.17) is 21.1 Å². The van der Waals surface area contributed by atoms with Gasteiger partial charge in [0.2, 0.25) is 0 Å². The van der Waals surface area contributed by atoms with E-state index in [0.29, 0.717) is 5.02 Å². The third-order valence-electron chi connectivity index (χ3n) is 2.65. The average molecular weight is 325 g/mol. The van der Waals surface area contributed by atoms with Crippen molar-refractivity contribution in [3.8, 4) is 11.5 Å². The summed E-state index contributed by atoms with van der Waals surface area (Å²) < 4.78 is 10.3. The van der Waals surface area contributed by atoms with Gasteiger partial charge in [0.15, 0.2) is 0 Å². The summed E-state index contributed by atoms with van der Waals surface area (Å²) in [5, 5.41) is 0.691. The second-order valence-electron chi connectivity index (χ2n) is 3.96. The number of benzene rings is 2. The van der Waals surface area contributed by atoms with E-state index in [-0.39, 0.29) is 0 Å². The zero-order valence-electron chi connectivity index (χ0n) is 12.9. The van der Waals surface area contributed by atoms with Crippen LogP contribution in [0.5, 0.6) is 11.5 Å².